The van der Waals surface area contributed by atoms with Crippen LogP contribution in [0.3, 0.4) is 0 Å². The molecule has 16 heavy (non-hydrogen) atoms. The minimum Gasteiger partial charge on any atom is -0.396 e. The summed E-state index contributed by atoms with van der Waals surface area (Å²) in [4.78, 5) is 10.8. The fourth-order valence-electron chi connectivity index (χ4n) is 1.66. The molecule has 88 valence electrons. The molecule has 3 heteroatoms. The first-order chi connectivity index (χ1) is 7.61. The van der Waals surface area contributed by atoms with Crippen molar-refractivity contribution < 1.29 is 9.90 Å². The standard InChI is InChI=1S/C13H19NO2/c1-10-4-3-5-12(6-10)7-13(9-15)8-14-11(2)16/h3-6,13,15H,7-9H2,1-2H3,(H,14,16). The number of carbonyl (C=O) groups excluding carboxylic acids is 1. The van der Waals surface area contributed by atoms with E-state index in [1.807, 2.05) is 25.1 Å². The lowest BCUT2D eigenvalue weighted by molar-refractivity contribution is -0.119. The third-order valence-corrected chi connectivity index (χ3v) is 2.50. The summed E-state index contributed by atoms with van der Waals surface area (Å²) < 4.78 is 0. The first-order valence-corrected chi connectivity index (χ1v) is 5.52. The lowest BCUT2D eigenvalue weighted by atomic mass is 9.99. The maximum Gasteiger partial charge on any atom is 0.216 e. The van der Waals surface area contributed by atoms with E-state index in [4.69, 9.17) is 0 Å². The van der Waals surface area contributed by atoms with Gasteiger partial charge in [-0.1, -0.05) is 29.8 Å². The maximum atomic E-state index is 10.8. The number of hydrogen-bond acceptors (Lipinski definition) is 2. The Morgan fingerprint density at radius 1 is 1.50 bits per heavy atom. The summed E-state index contributed by atoms with van der Waals surface area (Å²) in [5.74, 6) is 0.0355. The fourth-order valence-corrected chi connectivity index (χ4v) is 1.66. The largest absolute Gasteiger partial charge is 0.396 e. The van der Waals surface area contributed by atoms with Crippen molar-refractivity contribution in [3.63, 3.8) is 0 Å². The Balaban J connectivity index is 2.52. The Morgan fingerprint density at radius 2 is 2.25 bits per heavy atom. The van der Waals surface area contributed by atoms with E-state index >= 15 is 0 Å². The molecule has 0 aromatic heterocycles. The molecule has 0 aliphatic heterocycles. The molecule has 1 amide bonds. The van der Waals surface area contributed by atoms with Gasteiger partial charge in [0.1, 0.15) is 0 Å². The van der Waals surface area contributed by atoms with Crippen LogP contribution in [-0.2, 0) is 11.2 Å². The van der Waals surface area contributed by atoms with Crippen LogP contribution < -0.4 is 5.32 Å². The number of rotatable bonds is 5. The quantitative estimate of drug-likeness (QED) is 0.787. The molecule has 1 aromatic rings. The summed E-state index contributed by atoms with van der Waals surface area (Å²) in [6.45, 7) is 4.15. The molecule has 0 fully saturated rings. The summed E-state index contributed by atoms with van der Waals surface area (Å²) in [7, 11) is 0. The molecule has 0 saturated heterocycles. The fraction of sp³-hybridized carbons (Fsp3) is 0.462. The van der Waals surface area contributed by atoms with Gasteiger partial charge in [0.05, 0.1) is 0 Å². The van der Waals surface area contributed by atoms with Gasteiger partial charge in [-0.2, -0.15) is 0 Å². The van der Waals surface area contributed by atoms with Crippen LogP contribution in [0.25, 0.3) is 0 Å². The highest BCUT2D eigenvalue weighted by molar-refractivity contribution is 5.72. The highest BCUT2D eigenvalue weighted by Crippen LogP contribution is 2.10. The molecule has 2 N–H and O–H groups in total. The van der Waals surface area contributed by atoms with E-state index in [1.54, 1.807) is 0 Å². The van der Waals surface area contributed by atoms with E-state index in [1.165, 1.54) is 18.1 Å². The zero-order chi connectivity index (χ0) is 12.0. The number of benzene rings is 1. The molecule has 0 saturated carbocycles. The molecule has 0 aliphatic rings. The number of amides is 1. The van der Waals surface area contributed by atoms with Crippen molar-refractivity contribution in [1.82, 2.24) is 5.32 Å². The van der Waals surface area contributed by atoms with Gasteiger partial charge in [0.2, 0.25) is 5.91 Å². The molecular weight excluding hydrogens is 202 g/mol. The van der Waals surface area contributed by atoms with E-state index in [-0.39, 0.29) is 18.4 Å². The smallest absolute Gasteiger partial charge is 0.216 e. The van der Waals surface area contributed by atoms with Gasteiger partial charge in [0.15, 0.2) is 0 Å². The summed E-state index contributed by atoms with van der Waals surface area (Å²) in [6, 6.07) is 8.21. The van der Waals surface area contributed by atoms with Crippen LogP contribution in [-0.4, -0.2) is 24.2 Å². The first-order valence-electron chi connectivity index (χ1n) is 5.52. The second kappa shape index (κ2) is 6.28. The Morgan fingerprint density at radius 3 is 2.81 bits per heavy atom. The Bertz CT molecular complexity index is 350. The van der Waals surface area contributed by atoms with Crippen molar-refractivity contribution in [1.29, 1.82) is 0 Å². The summed E-state index contributed by atoms with van der Waals surface area (Å²) in [6.07, 6.45) is 0.790. The van der Waals surface area contributed by atoms with Gasteiger partial charge in [-0.3, -0.25) is 4.79 Å². The molecule has 1 aromatic carbocycles. The maximum absolute atomic E-state index is 10.8. The SMILES string of the molecule is CC(=O)NCC(CO)Cc1cccc(C)c1. The Labute approximate surface area is 96.5 Å². The van der Waals surface area contributed by atoms with E-state index in [2.05, 4.69) is 11.4 Å². The summed E-state index contributed by atoms with van der Waals surface area (Å²) in [5, 5.41) is 12.0. The number of aryl methyl sites for hydroxylation is 1. The molecule has 3 nitrogen and oxygen atoms in total. The highest BCUT2D eigenvalue weighted by atomic mass is 16.3. The number of nitrogens with one attached hydrogen (secondary N) is 1. The van der Waals surface area contributed by atoms with Gasteiger partial charge in [0.25, 0.3) is 0 Å². The van der Waals surface area contributed by atoms with Crippen LogP contribution in [0.2, 0.25) is 0 Å². The van der Waals surface area contributed by atoms with Crippen LogP contribution in [0, 0.1) is 12.8 Å². The second-order valence-corrected chi connectivity index (χ2v) is 4.18. The number of hydrogen-bond donors (Lipinski definition) is 2. The van der Waals surface area contributed by atoms with Crippen molar-refractivity contribution in [2.75, 3.05) is 13.2 Å². The van der Waals surface area contributed by atoms with Gasteiger partial charge in [-0.15, -0.1) is 0 Å². The van der Waals surface area contributed by atoms with Crippen LogP contribution in [0.5, 0.6) is 0 Å². The van der Waals surface area contributed by atoms with Crippen molar-refractivity contribution in [3.8, 4) is 0 Å². The van der Waals surface area contributed by atoms with E-state index in [9.17, 15) is 9.90 Å². The summed E-state index contributed by atoms with van der Waals surface area (Å²) in [5.41, 5.74) is 2.41. The predicted octanol–water partition coefficient (Wildman–Crippen LogP) is 1.28. The molecule has 0 spiro atoms. The van der Waals surface area contributed by atoms with Crippen LogP contribution in [0.1, 0.15) is 18.1 Å². The van der Waals surface area contributed by atoms with Crippen molar-refractivity contribution in [2.24, 2.45) is 5.92 Å². The van der Waals surface area contributed by atoms with Gasteiger partial charge < -0.3 is 10.4 Å². The molecule has 0 aliphatic carbocycles. The second-order valence-electron chi connectivity index (χ2n) is 4.18. The monoisotopic (exact) mass is 221 g/mol. The summed E-state index contributed by atoms with van der Waals surface area (Å²) >= 11 is 0. The lowest BCUT2D eigenvalue weighted by Gasteiger charge is -2.14. The molecule has 0 radical (unpaired) electrons. The number of carbonyl (C=O) groups is 1. The topological polar surface area (TPSA) is 49.3 Å². The minimum absolute atomic E-state index is 0.0531. The predicted molar refractivity (Wildman–Crippen MR) is 64.1 cm³/mol. The van der Waals surface area contributed by atoms with Crippen molar-refractivity contribution in [3.05, 3.63) is 35.4 Å². The van der Waals surface area contributed by atoms with E-state index in [0.717, 1.165) is 6.42 Å². The minimum atomic E-state index is -0.0531. The van der Waals surface area contributed by atoms with Crippen LogP contribution in [0.15, 0.2) is 24.3 Å². The number of aliphatic hydroxyl groups excluding tert-OH is 1. The lowest BCUT2D eigenvalue weighted by Crippen LogP contribution is -2.30. The van der Waals surface area contributed by atoms with Crippen LogP contribution in [0.4, 0.5) is 0 Å². The molecule has 0 heterocycles. The van der Waals surface area contributed by atoms with Gasteiger partial charge in [0, 0.05) is 26.0 Å². The van der Waals surface area contributed by atoms with Crippen LogP contribution >= 0.6 is 0 Å². The molecule has 1 rings (SSSR count). The zero-order valence-electron chi connectivity index (χ0n) is 9.86. The third-order valence-electron chi connectivity index (χ3n) is 2.50. The number of aliphatic hydroxyl groups is 1. The normalized spacial score (nSPS) is 12.2. The van der Waals surface area contributed by atoms with E-state index < -0.39 is 0 Å². The average Bonchev–Trinajstić information content (AvgIpc) is 2.24. The molecule has 1 atom stereocenters. The van der Waals surface area contributed by atoms with Gasteiger partial charge in [-0.25, -0.2) is 0 Å². The molecular formula is C13H19NO2. The highest BCUT2D eigenvalue weighted by Gasteiger charge is 2.09. The molecule has 0 bridgehead atoms. The van der Waals surface area contributed by atoms with E-state index in [0.29, 0.717) is 6.54 Å². The van der Waals surface area contributed by atoms with Crippen molar-refractivity contribution >= 4 is 5.91 Å². The van der Waals surface area contributed by atoms with Gasteiger partial charge in [-0.05, 0) is 18.9 Å². The first kappa shape index (κ1) is 12.7. The van der Waals surface area contributed by atoms with Crippen molar-refractivity contribution in [2.45, 2.75) is 20.3 Å². The molecule has 1 unspecified atom stereocenters. The van der Waals surface area contributed by atoms with Gasteiger partial charge >= 0.3 is 0 Å². The third kappa shape index (κ3) is 4.45. The Kier molecular flexibility index (Phi) is 4.99. The Hall–Kier alpha value is -1.35. The zero-order valence-corrected chi connectivity index (χ0v) is 9.86. The average molecular weight is 221 g/mol.